The van der Waals surface area contributed by atoms with Crippen molar-refractivity contribution in [2.45, 2.75) is 58.9 Å². The Hall–Kier alpha value is -1.14. The van der Waals surface area contributed by atoms with Crippen LogP contribution in [0, 0.1) is 12.3 Å². The number of nitrogens with zero attached hydrogens (tertiary/aromatic N) is 4. The van der Waals surface area contributed by atoms with Gasteiger partial charge in [-0.05, 0) is 57.5 Å². The van der Waals surface area contributed by atoms with Gasteiger partial charge in [0.1, 0.15) is 0 Å². The molecule has 0 radical (unpaired) electrons. The van der Waals surface area contributed by atoms with Crippen molar-refractivity contribution in [1.29, 1.82) is 0 Å². The van der Waals surface area contributed by atoms with Crippen LogP contribution in [0.15, 0.2) is 0 Å². The molecule has 1 aromatic heterocycles. The summed E-state index contributed by atoms with van der Waals surface area (Å²) in [5, 5.41) is 11.9. The van der Waals surface area contributed by atoms with Gasteiger partial charge in [0, 0.05) is 13.1 Å². The highest BCUT2D eigenvalue weighted by Gasteiger charge is 2.34. The third kappa shape index (κ3) is 3.75. The van der Waals surface area contributed by atoms with Gasteiger partial charge in [-0.15, -0.1) is 17.5 Å². The zero-order valence-electron chi connectivity index (χ0n) is 15.0. The van der Waals surface area contributed by atoms with Gasteiger partial charge < -0.3 is 10.2 Å². The van der Waals surface area contributed by atoms with Crippen LogP contribution in [0.1, 0.15) is 68.2 Å². The molecule has 1 amide bonds. The molecule has 2 aliphatic heterocycles. The minimum absolute atomic E-state index is 0. The first-order valence-corrected chi connectivity index (χ1v) is 8.96. The molecule has 2 fully saturated rings. The second-order valence-corrected chi connectivity index (χ2v) is 7.44. The van der Waals surface area contributed by atoms with E-state index < -0.39 is 0 Å². The Kier molecular flexibility index (Phi) is 6.26. The van der Waals surface area contributed by atoms with Crippen molar-refractivity contribution in [3.63, 3.8) is 0 Å². The molecule has 0 saturated carbocycles. The molecule has 1 atom stereocenters. The summed E-state index contributed by atoms with van der Waals surface area (Å²) in [7, 11) is 0. The maximum atomic E-state index is 12.9. The molecule has 3 rings (SSSR count). The van der Waals surface area contributed by atoms with E-state index in [4.69, 9.17) is 0 Å². The van der Waals surface area contributed by atoms with Crippen LogP contribution in [0.4, 0.5) is 0 Å². The number of hydrogen-bond donors (Lipinski definition) is 1. The molecular weight excluding hydrogens is 326 g/mol. The number of likely N-dealkylation sites (tertiary alicyclic amines) is 1. The fraction of sp³-hybridized carbons (Fsp3) is 0.824. The largest absolute Gasteiger partial charge is 0.337 e. The monoisotopic (exact) mass is 355 g/mol. The number of rotatable bonds is 3. The fourth-order valence-electron chi connectivity index (χ4n) is 3.86. The molecule has 136 valence electrons. The first-order valence-electron chi connectivity index (χ1n) is 8.96. The van der Waals surface area contributed by atoms with Gasteiger partial charge in [0.05, 0.1) is 11.7 Å². The summed E-state index contributed by atoms with van der Waals surface area (Å²) in [4.78, 5) is 14.9. The number of nitrogens with one attached hydrogen (secondary N) is 1. The Balaban J connectivity index is 0.00000208. The van der Waals surface area contributed by atoms with Crippen molar-refractivity contribution in [2.24, 2.45) is 5.41 Å². The molecule has 0 aliphatic carbocycles. The van der Waals surface area contributed by atoms with Gasteiger partial charge in [0.15, 0.2) is 5.69 Å². The molecule has 24 heavy (non-hydrogen) atoms. The van der Waals surface area contributed by atoms with E-state index in [9.17, 15) is 4.79 Å². The van der Waals surface area contributed by atoms with Crippen LogP contribution in [0.5, 0.6) is 0 Å². The minimum atomic E-state index is 0. The van der Waals surface area contributed by atoms with Crippen molar-refractivity contribution >= 4 is 18.3 Å². The number of amides is 1. The van der Waals surface area contributed by atoms with Gasteiger partial charge in [-0.2, -0.15) is 0 Å². The van der Waals surface area contributed by atoms with Crippen LogP contribution in [0.3, 0.4) is 0 Å². The smallest absolute Gasteiger partial charge is 0.276 e. The standard InChI is InChI=1S/C17H29N5O.ClH/c1-4-17(3)8-5-11-21(12-17)16(23)15-13(2)22(20-19-15)14-6-9-18-10-7-14;/h14,18H,4-12H2,1-3H3;1H. The minimum Gasteiger partial charge on any atom is -0.337 e. The summed E-state index contributed by atoms with van der Waals surface area (Å²) in [6.07, 6.45) is 5.49. The summed E-state index contributed by atoms with van der Waals surface area (Å²) in [6, 6.07) is 0.368. The number of aromatic nitrogens is 3. The van der Waals surface area contributed by atoms with Gasteiger partial charge in [0.25, 0.3) is 5.91 Å². The Bertz CT molecular complexity index is 569. The summed E-state index contributed by atoms with van der Waals surface area (Å²) in [5.74, 6) is 0.0575. The maximum Gasteiger partial charge on any atom is 0.276 e. The lowest BCUT2D eigenvalue weighted by Gasteiger charge is -2.39. The lowest BCUT2D eigenvalue weighted by atomic mass is 9.79. The maximum absolute atomic E-state index is 12.9. The van der Waals surface area contributed by atoms with Gasteiger partial charge in [-0.3, -0.25) is 4.79 Å². The van der Waals surface area contributed by atoms with Crippen LogP contribution < -0.4 is 5.32 Å². The van der Waals surface area contributed by atoms with Gasteiger partial charge >= 0.3 is 0 Å². The van der Waals surface area contributed by atoms with Gasteiger partial charge in [-0.25, -0.2) is 4.68 Å². The molecule has 0 spiro atoms. The quantitative estimate of drug-likeness (QED) is 0.905. The molecule has 3 heterocycles. The van der Waals surface area contributed by atoms with E-state index in [1.54, 1.807) is 0 Å². The molecule has 7 heteroatoms. The number of halogens is 1. The Morgan fingerprint density at radius 2 is 2.08 bits per heavy atom. The van der Waals surface area contributed by atoms with Gasteiger partial charge in [0.2, 0.25) is 0 Å². The fourth-order valence-corrected chi connectivity index (χ4v) is 3.86. The second kappa shape index (κ2) is 7.83. The average molecular weight is 356 g/mol. The Morgan fingerprint density at radius 1 is 1.38 bits per heavy atom. The highest BCUT2D eigenvalue weighted by atomic mass is 35.5. The zero-order chi connectivity index (χ0) is 16.4. The normalized spacial score (nSPS) is 25.4. The third-order valence-corrected chi connectivity index (χ3v) is 5.71. The summed E-state index contributed by atoms with van der Waals surface area (Å²) in [6.45, 7) is 10.2. The van der Waals surface area contributed by atoms with Crippen LogP contribution in [-0.4, -0.2) is 52.0 Å². The van der Waals surface area contributed by atoms with Crippen molar-refractivity contribution in [3.05, 3.63) is 11.4 Å². The lowest BCUT2D eigenvalue weighted by molar-refractivity contribution is 0.0536. The Labute approximate surface area is 150 Å². The van der Waals surface area contributed by atoms with Crippen LogP contribution in [0.2, 0.25) is 0 Å². The average Bonchev–Trinajstić information content (AvgIpc) is 2.96. The van der Waals surface area contributed by atoms with E-state index in [2.05, 4.69) is 29.5 Å². The topological polar surface area (TPSA) is 63.1 Å². The predicted molar refractivity (Wildman–Crippen MR) is 96.7 cm³/mol. The van der Waals surface area contributed by atoms with E-state index in [0.29, 0.717) is 11.7 Å². The van der Waals surface area contributed by atoms with Crippen molar-refractivity contribution in [1.82, 2.24) is 25.2 Å². The SMILES string of the molecule is CCC1(C)CCCN(C(=O)c2nnn(C3CCNCC3)c2C)C1.Cl. The van der Waals surface area contributed by atoms with E-state index in [1.165, 1.54) is 6.42 Å². The molecule has 2 saturated heterocycles. The predicted octanol–water partition coefficient (Wildman–Crippen LogP) is 2.59. The molecule has 0 bridgehead atoms. The highest BCUT2D eigenvalue weighted by molar-refractivity contribution is 5.93. The summed E-state index contributed by atoms with van der Waals surface area (Å²) in [5.41, 5.74) is 1.71. The molecule has 6 nitrogen and oxygen atoms in total. The number of piperidine rings is 2. The first kappa shape index (κ1) is 19.2. The first-order chi connectivity index (χ1) is 11.0. The second-order valence-electron chi connectivity index (χ2n) is 7.44. The molecule has 1 N–H and O–H groups in total. The highest BCUT2D eigenvalue weighted by Crippen LogP contribution is 2.33. The lowest BCUT2D eigenvalue weighted by Crippen LogP contribution is -2.45. The third-order valence-electron chi connectivity index (χ3n) is 5.71. The van der Waals surface area contributed by atoms with Crippen molar-refractivity contribution in [2.75, 3.05) is 26.2 Å². The number of carbonyl (C=O) groups is 1. The molecular formula is C17H30ClN5O. The molecule has 0 aromatic carbocycles. The van der Waals surface area contributed by atoms with E-state index >= 15 is 0 Å². The van der Waals surface area contributed by atoms with E-state index in [-0.39, 0.29) is 23.7 Å². The summed E-state index contributed by atoms with van der Waals surface area (Å²) < 4.78 is 1.97. The Morgan fingerprint density at radius 3 is 2.75 bits per heavy atom. The summed E-state index contributed by atoms with van der Waals surface area (Å²) >= 11 is 0. The van der Waals surface area contributed by atoms with Crippen molar-refractivity contribution in [3.8, 4) is 0 Å². The van der Waals surface area contributed by atoms with Crippen LogP contribution in [-0.2, 0) is 0 Å². The van der Waals surface area contributed by atoms with Crippen molar-refractivity contribution < 1.29 is 4.79 Å². The van der Waals surface area contributed by atoms with E-state index in [0.717, 1.165) is 57.6 Å². The molecule has 2 aliphatic rings. The number of carbonyl (C=O) groups excluding carboxylic acids is 1. The van der Waals surface area contributed by atoms with Crippen LogP contribution >= 0.6 is 12.4 Å². The van der Waals surface area contributed by atoms with E-state index in [1.807, 2.05) is 16.5 Å². The molecule has 1 aromatic rings. The number of hydrogen-bond acceptors (Lipinski definition) is 4. The molecule has 1 unspecified atom stereocenters. The van der Waals surface area contributed by atoms with Gasteiger partial charge in [-0.1, -0.05) is 19.1 Å². The van der Waals surface area contributed by atoms with Crippen LogP contribution in [0.25, 0.3) is 0 Å². The zero-order valence-corrected chi connectivity index (χ0v) is 15.9.